The number of aromatic nitrogens is 1. The van der Waals surface area contributed by atoms with E-state index in [2.05, 4.69) is 10.3 Å². The van der Waals surface area contributed by atoms with E-state index in [1.807, 2.05) is 90.1 Å². The zero-order chi connectivity index (χ0) is 24.9. The summed E-state index contributed by atoms with van der Waals surface area (Å²) in [5.41, 5.74) is 1.31. The zero-order valence-corrected chi connectivity index (χ0v) is 21.9. The summed E-state index contributed by atoms with van der Waals surface area (Å²) < 4.78 is 11.8. The molecule has 180 valence electrons. The molecule has 1 amide bonds. The highest BCUT2D eigenvalue weighted by Crippen LogP contribution is 2.35. The Morgan fingerprint density at radius 3 is 2.26 bits per heavy atom. The van der Waals surface area contributed by atoms with Gasteiger partial charge in [0.15, 0.2) is 0 Å². The molecule has 1 N–H and O–H groups in total. The molecule has 0 aliphatic heterocycles. The fraction of sp³-hybridized carbons (Fsp3) is 0.346. The maximum Gasteiger partial charge on any atom is 0.408 e. The van der Waals surface area contributed by atoms with E-state index in [9.17, 15) is 9.59 Å². The molecule has 0 fully saturated rings. The number of alkyl carbamates (subject to hydrolysis) is 1. The lowest BCUT2D eigenvalue weighted by Crippen LogP contribution is -2.32. The average molecular weight is 499 g/mol. The number of carbonyl (C=O) groups excluding carboxylic acids is 2. The monoisotopic (exact) mass is 498 g/mol. The summed E-state index contributed by atoms with van der Waals surface area (Å²) in [6.45, 7) is 11.3. The summed E-state index contributed by atoms with van der Waals surface area (Å²) in [4.78, 5) is 30.0. The van der Waals surface area contributed by atoms with Crippen LogP contribution in [0.25, 0.3) is 11.1 Å². The van der Waals surface area contributed by atoms with Crippen molar-refractivity contribution < 1.29 is 19.1 Å². The van der Waals surface area contributed by atoms with Crippen LogP contribution in [0.5, 0.6) is 0 Å². The topological polar surface area (TPSA) is 77.5 Å². The van der Waals surface area contributed by atoms with Gasteiger partial charge in [-0.05, 0) is 70.9 Å². The first-order valence-electron chi connectivity index (χ1n) is 10.9. The molecule has 0 bridgehead atoms. The summed E-state index contributed by atoms with van der Waals surface area (Å²) >= 11 is 2.99. The normalized spacial score (nSPS) is 11.7. The Balaban J connectivity index is 1.79. The molecule has 0 saturated heterocycles. The highest BCUT2D eigenvalue weighted by Gasteiger charge is 2.20. The van der Waals surface area contributed by atoms with E-state index in [4.69, 9.17) is 9.47 Å². The third-order valence-corrected chi connectivity index (χ3v) is 6.25. The van der Waals surface area contributed by atoms with E-state index in [1.54, 1.807) is 6.20 Å². The molecule has 0 radical (unpaired) electrons. The number of ether oxygens (including phenoxy) is 2. The van der Waals surface area contributed by atoms with Crippen LogP contribution in [0.1, 0.15) is 56.9 Å². The van der Waals surface area contributed by atoms with Crippen molar-refractivity contribution in [3.63, 3.8) is 0 Å². The largest absolute Gasteiger partial charge is 0.456 e. The van der Waals surface area contributed by atoms with Crippen molar-refractivity contribution in [3.8, 4) is 11.1 Å². The van der Waals surface area contributed by atoms with Crippen molar-refractivity contribution in [2.75, 3.05) is 0 Å². The molecule has 1 heterocycles. The van der Waals surface area contributed by atoms with Gasteiger partial charge in [-0.2, -0.15) is 0 Å². The first kappa shape index (κ1) is 25.8. The van der Waals surface area contributed by atoms with Gasteiger partial charge in [-0.3, -0.25) is 0 Å². The molecule has 2 aromatic carbocycles. The van der Waals surface area contributed by atoms with Gasteiger partial charge in [0.25, 0.3) is 0 Å². The third kappa shape index (κ3) is 8.18. The predicted molar refractivity (Wildman–Crippen MR) is 136 cm³/mol. The number of nitrogens with zero attached hydrogens (tertiary/aromatic N) is 1. The van der Waals surface area contributed by atoms with Crippen LogP contribution < -0.4 is 5.32 Å². The summed E-state index contributed by atoms with van der Waals surface area (Å²) in [6, 6.07) is 15.7. The van der Waals surface area contributed by atoms with Crippen LogP contribution in [-0.2, 0) is 16.0 Å². The van der Waals surface area contributed by atoms with Crippen molar-refractivity contribution in [2.45, 2.75) is 68.4 Å². The van der Waals surface area contributed by atoms with E-state index in [-0.39, 0.29) is 12.5 Å². The number of rotatable bonds is 6. The van der Waals surface area contributed by atoms with Crippen molar-refractivity contribution in [1.29, 1.82) is 0 Å². The van der Waals surface area contributed by atoms with Crippen LogP contribution in [0.3, 0.4) is 0 Å². The molecule has 0 aliphatic carbocycles. The van der Waals surface area contributed by atoms with Gasteiger partial charge in [-0.25, -0.2) is 14.6 Å². The van der Waals surface area contributed by atoms with Crippen LogP contribution in [0.2, 0.25) is 0 Å². The van der Waals surface area contributed by atoms with Crippen molar-refractivity contribution in [2.24, 2.45) is 0 Å². The number of benzene rings is 2. The molecule has 0 aliphatic rings. The molecule has 8 heteroatoms. The number of carbonyl (C=O) groups is 2. The Morgan fingerprint density at radius 2 is 1.62 bits per heavy atom. The minimum Gasteiger partial charge on any atom is -0.456 e. The molecule has 0 atom stereocenters. The van der Waals surface area contributed by atoms with Crippen molar-refractivity contribution in [1.82, 2.24) is 10.3 Å². The summed E-state index contributed by atoms with van der Waals surface area (Å²) in [7, 11) is 0. The van der Waals surface area contributed by atoms with Crippen LogP contribution in [0.15, 0.2) is 63.8 Å². The van der Waals surface area contributed by atoms with Gasteiger partial charge in [0.1, 0.15) is 16.2 Å². The molecule has 6 nitrogen and oxygen atoms in total. The lowest BCUT2D eigenvalue weighted by atomic mass is 10.0. The van der Waals surface area contributed by atoms with Gasteiger partial charge in [0, 0.05) is 4.90 Å². The minimum absolute atomic E-state index is 0.285. The van der Waals surface area contributed by atoms with Gasteiger partial charge in [-0.15, -0.1) is 11.3 Å². The molecule has 1 aromatic heterocycles. The standard InChI is InChI=1S/C26H30N2O4S2/c1-25(2,3)31-23(29)19-12-18(17-10-8-7-9-11-17)13-20(14-19)33-22-16-27-21(34-22)15-28-24(30)32-26(4,5)6/h7-14,16H,15H2,1-6H3,(H,28,30). The molecule has 0 saturated carbocycles. The van der Waals surface area contributed by atoms with Gasteiger partial charge < -0.3 is 14.8 Å². The number of esters is 1. The number of hydrogen-bond donors (Lipinski definition) is 1. The average Bonchev–Trinajstić information content (AvgIpc) is 3.17. The van der Waals surface area contributed by atoms with E-state index < -0.39 is 17.3 Å². The van der Waals surface area contributed by atoms with Crippen LogP contribution in [-0.4, -0.2) is 28.2 Å². The Labute approximate surface area is 209 Å². The Morgan fingerprint density at radius 1 is 0.941 bits per heavy atom. The SMILES string of the molecule is CC(C)(C)OC(=O)NCc1ncc(Sc2cc(C(=O)OC(C)(C)C)cc(-c3ccccc3)c2)s1. The van der Waals surface area contributed by atoms with E-state index in [1.165, 1.54) is 23.1 Å². The van der Waals surface area contributed by atoms with Gasteiger partial charge in [0.05, 0.1) is 22.5 Å². The van der Waals surface area contributed by atoms with Gasteiger partial charge in [-0.1, -0.05) is 42.1 Å². The number of thiazole rings is 1. The highest BCUT2D eigenvalue weighted by molar-refractivity contribution is 8.01. The molecule has 34 heavy (non-hydrogen) atoms. The van der Waals surface area contributed by atoms with Crippen LogP contribution in [0.4, 0.5) is 4.79 Å². The second kappa shape index (κ2) is 10.6. The fourth-order valence-corrected chi connectivity index (χ4v) is 4.95. The fourth-order valence-electron chi connectivity index (χ4n) is 2.91. The lowest BCUT2D eigenvalue weighted by molar-refractivity contribution is 0.00689. The van der Waals surface area contributed by atoms with Gasteiger partial charge >= 0.3 is 12.1 Å². The third-order valence-electron chi connectivity index (χ3n) is 4.18. The Hall–Kier alpha value is -2.84. The quantitative estimate of drug-likeness (QED) is 0.371. The number of nitrogens with one attached hydrogen (secondary N) is 1. The smallest absolute Gasteiger partial charge is 0.408 e. The minimum atomic E-state index is -0.582. The van der Waals surface area contributed by atoms with E-state index >= 15 is 0 Å². The molecule has 0 unspecified atom stereocenters. The van der Waals surface area contributed by atoms with Gasteiger partial charge in [0.2, 0.25) is 0 Å². The van der Waals surface area contributed by atoms with Crippen LogP contribution >= 0.6 is 23.1 Å². The summed E-state index contributed by atoms with van der Waals surface area (Å²) in [5, 5.41) is 3.49. The van der Waals surface area contributed by atoms with E-state index in [0.717, 1.165) is 25.2 Å². The maximum absolute atomic E-state index is 12.8. The first-order valence-corrected chi connectivity index (χ1v) is 12.5. The number of hydrogen-bond acceptors (Lipinski definition) is 7. The molecular formula is C26H30N2O4S2. The number of amides is 1. The molecule has 3 aromatic rings. The Bertz CT molecular complexity index is 1150. The van der Waals surface area contributed by atoms with Crippen LogP contribution in [0, 0.1) is 0 Å². The van der Waals surface area contributed by atoms with Crippen molar-refractivity contribution in [3.05, 3.63) is 65.3 Å². The predicted octanol–water partition coefficient (Wildman–Crippen LogP) is 6.94. The molecular weight excluding hydrogens is 468 g/mol. The van der Waals surface area contributed by atoms with E-state index in [0.29, 0.717) is 5.56 Å². The lowest BCUT2D eigenvalue weighted by Gasteiger charge is -2.20. The maximum atomic E-state index is 12.8. The second-order valence-corrected chi connectivity index (χ2v) is 12.1. The first-order chi connectivity index (χ1) is 15.9. The zero-order valence-electron chi connectivity index (χ0n) is 20.3. The summed E-state index contributed by atoms with van der Waals surface area (Å²) in [6.07, 6.45) is 1.29. The van der Waals surface area contributed by atoms with Crippen molar-refractivity contribution >= 4 is 35.2 Å². The Kier molecular flexibility index (Phi) is 8.05. The second-order valence-electron chi connectivity index (χ2n) is 9.64. The molecule has 0 spiro atoms. The molecule has 3 rings (SSSR count). The highest BCUT2D eigenvalue weighted by atomic mass is 32.2. The summed E-state index contributed by atoms with van der Waals surface area (Å²) in [5.74, 6) is -0.362.